The molecular formula is C12H11NO3. The molecule has 2 rings (SSSR count). The molecule has 0 radical (unpaired) electrons. The van der Waals surface area contributed by atoms with Crippen LogP contribution in [0.15, 0.2) is 30.5 Å². The maximum atomic E-state index is 10.6. The summed E-state index contributed by atoms with van der Waals surface area (Å²) in [6.07, 6.45) is 1.65. The number of nitrogens with zero attached hydrogens (tertiary/aromatic N) is 1. The first kappa shape index (κ1) is 10.4. The molecule has 1 heterocycles. The Hall–Kier alpha value is -2.10. The third kappa shape index (κ3) is 1.95. The van der Waals surface area contributed by atoms with Gasteiger partial charge in [0.25, 0.3) is 0 Å². The number of methoxy groups -OCH3 is 1. The van der Waals surface area contributed by atoms with Gasteiger partial charge in [0.15, 0.2) is 0 Å². The van der Waals surface area contributed by atoms with Crippen LogP contribution in [0.5, 0.6) is 5.75 Å². The van der Waals surface area contributed by atoms with Gasteiger partial charge in [0.1, 0.15) is 5.75 Å². The SMILES string of the molecule is COc1cc(CC(=O)O)cc2ncccc12. The highest BCUT2D eigenvalue weighted by Crippen LogP contribution is 2.26. The van der Waals surface area contributed by atoms with Crippen LogP contribution < -0.4 is 4.74 Å². The van der Waals surface area contributed by atoms with Crippen LogP contribution >= 0.6 is 0 Å². The lowest BCUT2D eigenvalue weighted by atomic mass is 10.1. The summed E-state index contributed by atoms with van der Waals surface area (Å²) in [6.45, 7) is 0. The molecule has 82 valence electrons. The van der Waals surface area contributed by atoms with E-state index in [1.165, 1.54) is 0 Å². The average molecular weight is 217 g/mol. The van der Waals surface area contributed by atoms with Crippen LogP contribution in [0.3, 0.4) is 0 Å². The number of aliphatic carboxylic acids is 1. The first-order chi connectivity index (χ1) is 7.70. The van der Waals surface area contributed by atoms with Crippen molar-refractivity contribution in [2.45, 2.75) is 6.42 Å². The quantitative estimate of drug-likeness (QED) is 0.852. The van der Waals surface area contributed by atoms with Crippen LogP contribution in [-0.4, -0.2) is 23.2 Å². The number of carbonyl (C=O) groups is 1. The summed E-state index contributed by atoms with van der Waals surface area (Å²) in [5.41, 5.74) is 1.44. The van der Waals surface area contributed by atoms with E-state index in [0.29, 0.717) is 11.3 Å². The summed E-state index contributed by atoms with van der Waals surface area (Å²) < 4.78 is 5.22. The molecule has 2 aromatic rings. The molecule has 4 heteroatoms. The second-order valence-corrected chi connectivity index (χ2v) is 3.44. The van der Waals surface area contributed by atoms with Crippen LogP contribution in [-0.2, 0) is 11.2 Å². The van der Waals surface area contributed by atoms with Crippen LogP contribution in [0, 0.1) is 0 Å². The Balaban J connectivity index is 2.58. The standard InChI is InChI=1S/C12H11NO3/c1-16-11-6-8(7-12(14)15)5-10-9(11)3-2-4-13-10/h2-6H,7H2,1H3,(H,14,15). The Bertz CT molecular complexity index is 537. The molecule has 1 N–H and O–H groups in total. The van der Waals surface area contributed by atoms with Gasteiger partial charge in [-0.2, -0.15) is 0 Å². The third-order valence-corrected chi connectivity index (χ3v) is 2.32. The van der Waals surface area contributed by atoms with Gasteiger partial charge >= 0.3 is 5.97 Å². The van der Waals surface area contributed by atoms with Crippen molar-refractivity contribution in [2.24, 2.45) is 0 Å². The Morgan fingerprint density at radius 2 is 2.31 bits per heavy atom. The van der Waals surface area contributed by atoms with Gasteiger partial charge in [0.2, 0.25) is 0 Å². The van der Waals surface area contributed by atoms with E-state index in [1.54, 1.807) is 25.4 Å². The molecule has 0 amide bonds. The van der Waals surface area contributed by atoms with Gasteiger partial charge in [-0.05, 0) is 29.8 Å². The highest BCUT2D eigenvalue weighted by Gasteiger charge is 2.07. The number of aromatic nitrogens is 1. The summed E-state index contributed by atoms with van der Waals surface area (Å²) in [7, 11) is 1.56. The fourth-order valence-corrected chi connectivity index (χ4v) is 1.65. The van der Waals surface area contributed by atoms with Gasteiger partial charge < -0.3 is 9.84 Å². The Morgan fingerprint density at radius 1 is 1.50 bits per heavy atom. The fourth-order valence-electron chi connectivity index (χ4n) is 1.65. The molecule has 4 nitrogen and oxygen atoms in total. The van der Waals surface area contributed by atoms with E-state index in [0.717, 1.165) is 10.9 Å². The number of benzene rings is 1. The molecule has 0 unspecified atom stereocenters. The minimum absolute atomic E-state index is 0.0249. The number of hydrogen-bond donors (Lipinski definition) is 1. The van der Waals surface area contributed by atoms with Crippen molar-refractivity contribution < 1.29 is 14.6 Å². The number of rotatable bonds is 3. The van der Waals surface area contributed by atoms with E-state index in [1.807, 2.05) is 12.1 Å². The van der Waals surface area contributed by atoms with Crippen molar-refractivity contribution in [3.63, 3.8) is 0 Å². The van der Waals surface area contributed by atoms with Crippen molar-refractivity contribution >= 4 is 16.9 Å². The third-order valence-electron chi connectivity index (χ3n) is 2.32. The predicted octanol–water partition coefficient (Wildman–Crippen LogP) is 1.87. The molecule has 1 aromatic carbocycles. The number of carboxylic acids is 1. The van der Waals surface area contributed by atoms with Crippen molar-refractivity contribution in [1.29, 1.82) is 0 Å². The van der Waals surface area contributed by atoms with Gasteiger partial charge in [0.05, 0.1) is 19.0 Å². The zero-order valence-corrected chi connectivity index (χ0v) is 8.80. The van der Waals surface area contributed by atoms with Crippen LogP contribution in [0.1, 0.15) is 5.56 Å². The smallest absolute Gasteiger partial charge is 0.307 e. The highest BCUT2D eigenvalue weighted by atomic mass is 16.5. The second-order valence-electron chi connectivity index (χ2n) is 3.44. The van der Waals surface area contributed by atoms with E-state index in [9.17, 15) is 4.79 Å². The lowest BCUT2D eigenvalue weighted by Crippen LogP contribution is -2.00. The molecule has 1 aromatic heterocycles. The highest BCUT2D eigenvalue weighted by molar-refractivity contribution is 5.86. The predicted molar refractivity (Wildman–Crippen MR) is 59.6 cm³/mol. The summed E-state index contributed by atoms with van der Waals surface area (Å²) in [4.78, 5) is 14.8. The first-order valence-electron chi connectivity index (χ1n) is 4.84. The molecule has 0 aliphatic rings. The van der Waals surface area contributed by atoms with Crippen molar-refractivity contribution in [2.75, 3.05) is 7.11 Å². The van der Waals surface area contributed by atoms with E-state index in [-0.39, 0.29) is 6.42 Å². The van der Waals surface area contributed by atoms with Gasteiger partial charge in [-0.15, -0.1) is 0 Å². The molecule has 0 saturated carbocycles. The summed E-state index contributed by atoms with van der Waals surface area (Å²) >= 11 is 0. The van der Waals surface area contributed by atoms with Crippen LogP contribution in [0.4, 0.5) is 0 Å². The van der Waals surface area contributed by atoms with Crippen molar-refractivity contribution in [3.05, 3.63) is 36.0 Å². The van der Waals surface area contributed by atoms with Crippen LogP contribution in [0.25, 0.3) is 10.9 Å². The van der Waals surface area contributed by atoms with E-state index in [4.69, 9.17) is 9.84 Å². The van der Waals surface area contributed by atoms with E-state index < -0.39 is 5.97 Å². The minimum Gasteiger partial charge on any atom is -0.496 e. The number of hydrogen-bond acceptors (Lipinski definition) is 3. The Labute approximate surface area is 92.5 Å². The average Bonchev–Trinajstić information content (AvgIpc) is 2.27. The van der Waals surface area contributed by atoms with Crippen LogP contribution in [0.2, 0.25) is 0 Å². The van der Waals surface area contributed by atoms with Gasteiger partial charge in [-0.3, -0.25) is 9.78 Å². The largest absolute Gasteiger partial charge is 0.496 e. The molecular weight excluding hydrogens is 206 g/mol. The second kappa shape index (κ2) is 4.18. The first-order valence-corrected chi connectivity index (χ1v) is 4.84. The molecule has 16 heavy (non-hydrogen) atoms. The number of pyridine rings is 1. The zero-order valence-electron chi connectivity index (χ0n) is 8.80. The minimum atomic E-state index is -0.864. The fraction of sp³-hybridized carbons (Fsp3) is 0.167. The van der Waals surface area contributed by atoms with Crippen molar-refractivity contribution in [1.82, 2.24) is 4.98 Å². The summed E-state index contributed by atoms with van der Waals surface area (Å²) in [5.74, 6) is -0.209. The molecule has 0 bridgehead atoms. The lowest BCUT2D eigenvalue weighted by Gasteiger charge is -2.07. The lowest BCUT2D eigenvalue weighted by molar-refractivity contribution is -0.136. The molecule has 0 fully saturated rings. The summed E-state index contributed by atoms with van der Waals surface area (Å²) in [5, 5.41) is 9.63. The van der Waals surface area contributed by atoms with Gasteiger partial charge in [-0.25, -0.2) is 0 Å². The Kier molecular flexibility index (Phi) is 2.72. The number of ether oxygens (including phenoxy) is 1. The topological polar surface area (TPSA) is 59.4 Å². The zero-order chi connectivity index (χ0) is 11.5. The monoisotopic (exact) mass is 217 g/mol. The van der Waals surface area contributed by atoms with E-state index >= 15 is 0 Å². The number of fused-ring (bicyclic) bond motifs is 1. The number of carboxylic acid groups (broad SMARTS) is 1. The molecule has 0 aliphatic heterocycles. The molecule has 0 spiro atoms. The van der Waals surface area contributed by atoms with Gasteiger partial charge in [0, 0.05) is 11.6 Å². The molecule has 0 saturated heterocycles. The normalized spacial score (nSPS) is 10.3. The molecule has 0 aliphatic carbocycles. The van der Waals surface area contributed by atoms with Gasteiger partial charge in [-0.1, -0.05) is 0 Å². The van der Waals surface area contributed by atoms with E-state index in [2.05, 4.69) is 4.98 Å². The maximum absolute atomic E-state index is 10.6. The Morgan fingerprint density at radius 3 is 3.00 bits per heavy atom. The van der Waals surface area contributed by atoms with Crippen molar-refractivity contribution in [3.8, 4) is 5.75 Å². The molecule has 0 atom stereocenters. The maximum Gasteiger partial charge on any atom is 0.307 e. The summed E-state index contributed by atoms with van der Waals surface area (Å²) in [6, 6.07) is 7.22.